The van der Waals surface area contributed by atoms with Crippen molar-refractivity contribution in [2.45, 2.75) is 38.0 Å². The Morgan fingerprint density at radius 3 is 2.86 bits per heavy atom. The minimum Gasteiger partial charge on any atom is -0.467 e. The van der Waals surface area contributed by atoms with E-state index >= 15 is 0 Å². The lowest BCUT2D eigenvalue weighted by Gasteiger charge is -2.29. The molecule has 1 amide bonds. The van der Waals surface area contributed by atoms with Gasteiger partial charge in [0.25, 0.3) is 0 Å². The molecule has 1 aromatic rings. The highest BCUT2D eigenvalue weighted by Crippen LogP contribution is 2.39. The monoisotopic (exact) mass is 305 g/mol. The summed E-state index contributed by atoms with van der Waals surface area (Å²) in [6.45, 7) is -0.0699. The molecular weight excluding hydrogens is 287 g/mol. The third-order valence-corrected chi connectivity index (χ3v) is 3.85. The van der Waals surface area contributed by atoms with Gasteiger partial charge in [0.2, 0.25) is 5.91 Å². The molecule has 1 aromatic heterocycles. The molecule has 1 heterocycles. The topological polar surface area (TPSA) is 62.5 Å². The Kier molecular flexibility index (Phi) is 4.92. The smallest absolute Gasteiger partial charge is 0.391 e. The molecule has 7 heteroatoms. The van der Waals surface area contributed by atoms with Gasteiger partial charge in [0.15, 0.2) is 0 Å². The van der Waals surface area contributed by atoms with Gasteiger partial charge in [-0.05, 0) is 31.4 Å². The quantitative estimate of drug-likeness (QED) is 0.899. The molecule has 2 rings (SSSR count). The van der Waals surface area contributed by atoms with Crippen LogP contribution in [-0.4, -0.2) is 23.7 Å². The first-order valence-corrected chi connectivity index (χ1v) is 6.94. The van der Waals surface area contributed by atoms with Crippen molar-refractivity contribution < 1.29 is 27.5 Å². The maximum absolute atomic E-state index is 12.7. The molecule has 2 N–H and O–H groups in total. The van der Waals surface area contributed by atoms with Gasteiger partial charge in [0.05, 0.1) is 18.7 Å². The summed E-state index contributed by atoms with van der Waals surface area (Å²) in [5.41, 5.74) is 0. The van der Waals surface area contributed by atoms with Gasteiger partial charge in [-0.3, -0.25) is 4.79 Å². The van der Waals surface area contributed by atoms with E-state index in [0.717, 1.165) is 0 Å². The molecule has 3 atom stereocenters. The van der Waals surface area contributed by atoms with Crippen LogP contribution in [0.1, 0.15) is 37.5 Å². The summed E-state index contributed by atoms with van der Waals surface area (Å²) in [5.74, 6) is -2.17. The Morgan fingerprint density at radius 1 is 1.48 bits per heavy atom. The summed E-state index contributed by atoms with van der Waals surface area (Å²) in [7, 11) is 0. The maximum Gasteiger partial charge on any atom is 0.391 e. The minimum atomic E-state index is -4.24. The molecule has 0 radical (unpaired) electrons. The predicted molar refractivity (Wildman–Crippen MR) is 68.2 cm³/mol. The van der Waals surface area contributed by atoms with E-state index in [2.05, 4.69) is 5.32 Å². The number of carbonyl (C=O) groups excluding carboxylic acids is 1. The Balaban J connectivity index is 1.83. The average Bonchev–Trinajstić information content (AvgIpc) is 2.98. The molecular formula is C14H18F3NO3. The number of nitrogens with one attached hydrogen (secondary N) is 1. The third-order valence-electron chi connectivity index (χ3n) is 3.85. The van der Waals surface area contributed by atoms with Gasteiger partial charge < -0.3 is 14.8 Å². The SMILES string of the molecule is O=C(NCC(O)c1ccco1)C1CCCC(C(F)(F)F)C1. The lowest BCUT2D eigenvalue weighted by molar-refractivity contribution is -0.186. The zero-order valence-electron chi connectivity index (χ0n) is 11.4. The van der Waals surface area contributed by atoms with Crippen LogP contribution in [0, 0.1) is 11.8 Å². The second kappa shape index (κ2) is 6.51. The number of aliphatic hydroxyl groups is 1. The molecule has 21 heavy (non-hydrogen) atoms. The van der Waals surface area contributed by atoms with Crippen molar-refractivity contribution in [1.29, 1.82) is 0 Å². The second-order valence-corrected chi connectivity index (χ2v) is 5.38. The Labute approximate surface area is 120 Å². The van der Waals surface area contributed by atoms with Crippen LogP contribution in [0.3, 0.4) is 0 Å². The van der Waals surface area contributed by atoms with Gasteiger partial charge in [-0.2, -0.15) is 13.2 Å². The molecule has 4 nitrogen and oxygen atoms in total. The van der Waals surface area contributed by atoms with Crippen LogP contribution in [0.4, 0.5) is 13.2 Å². The summed E-state index contributed by atoms with van der Waals surface area (Å²) in [5, 5.41) is 12.2. The summed E-state index contributed by atoms with van der Waals surface area (Å²) in [6.07, 6.45) is -3.08. The van der Waals surface area contributed by atoms with Gasteiger partial charge in [-0.25, -0.2) is 0 Å². The summed E-state index contributed by atoms with van der Waals surface area (Å²) >= 11 is 0. The van der Waals surface area contributed by atoms with Crippen molar-refractivity contribution in [3.05, 3.63) is 24.2 Å². The van der Waals surface area contributed by atoms with E-state index in [9.17, 15) is 23.1 Å². The van der Waals surface area contributed by atoms with E-state index in [1.165, 1.54) is 6.26 Å². The Hall–Kier alpha value is -1.50. The van der Waals surface area contributed by atoms with Crippen LogP contribution in [0.5, 0.6) is 0 Å². The Bertz CT molecular complexity index is 459. The van der Waals surface area contributed by atoms with Crippen LogP contribution in [-0.2, 0) is 4.79 Å². The molecule has 1 aliphatic carbocycles. The average molecular weight is 305 g/mol. The van der Waals surface area contributed by atoms with Crippen molar-refractivity contribution in [3.63, 3.8) is 0 Å². The molecule has 3 unspecified atom stereocenters. The van der Waals surface area contributed by atoms with Crippen molar-refractivity contribution in [3.8, 4) is 0 Å². The van der Waals surface area contributed by atoms with Crippen molar-refractivity contribution in [2.24, 2.45) is 11.8 Å². The van der Waals surface area contributed by atoms with Crippen molar-refractivity contribution in [2.75, 3.05) is 6.54 Å². The first-order chi connectivity index (χ1) is 9.88. The lowest BCUT2D eigenvalue weighted by atomic mass is 9.80. The molecule has 0 aromatic carbocycles. The van der Waals surface area contributed by atoms with Gasteiger partial charge >= 0.3 is 6.18 Å². The first-order valence-electron chi connectivity index (χ1n) is 6.94. The largest absolute Gasteiger partial charge is 0.467 e. The fourth-order valence-corrected chi connectivity index (χ4v) is 2.65. The maximum atomic E-state index is 12.7. The number of furan rings is 1. The van der Waals surface area contributed by atoms with E-state index in [-0.39, 0.29) is 19.4 Å². The summed E-state index contributed by atoms with van der Waals surface area (Å²) in [6, 6.07) is 3.17. The molecule has 0 spiro atoms. The van der Waals surface area contributed by atoms with E-state index in [1.54, 1.807) is 12.1 Å². The normalized spacial score (nSPS) is 24.6. The molecule has 1 aliphatic rings. The summed E-state index contributed by atoms with van der Waals surface area (Å²) in [4.78, 5) is 11.9. The number of hydrogen-bond acceptors (Lipinski definition) is 3. The van der Waals surface area contributed by atoms with Gasteiger partial charge in [-0.1, -0.05) is 6.42 Å². The fourth-order valence-electron chi connectivity index (χ4n) is 2.65. The molecule has 1 saturated carbocycles. The van der Waals surface area contributed by atoms with Crippen LogP contribution in [0.25, 0.3) is 0 Å². The molecule has 0 saturated heterocycles. The molecule has 0 bridgehead atoms. The number of amides is 1. The van der Waals surface area contributed by atoms with E-state index in [1.807, 2.05) is 0 Å². The predicted octanol–water partition coefficient (Wildman–Crippen LogP) is 2.80. The van der Waals surface area contributed by atoms with E-state index in [4.69, 9.17) is 4.42 Å². The lowest BCUT2D eigenvalue weighted by Crippen LogP contribution is -2.38. The molecule has 0 aliphatic heterocycles. The molecule has 1 fully saturated rings. The highest BCUT2D eigenvalue weighted by atomic mass is 19.4. The molecule has 118 valence electrons. The van der Waals surface area contributed by atoms with Crippen molar-refractivity contribution >= 4 is 5.91 Å². The van der Waals surface area contributed by atoms with Gasteiger partial charge in [-0.15, -0.1) is 0 Å². The Morgan fingerprint density at radius 2 is 2.24 bits per heavy atom. The number of aliphatic hydroxyl groups excluding tert-OH is 1. The van der Waals surface area contributed by atoms with E-state index < -0.39 is 30.0 Å². The fraction of sp³-hybridized carbons (Fsp3) is 0.643. The van der Waals surface area contributed by atoms with Crippen LogP contribution < -0.4 is 5.32 Å². The first kappa shape index (κ1) is 15.9. The van der Waals surface area contributed by atoms with Crippen LogP contribution in [0.15, 0.2) is 22.8 Å². The van der Waals surface area contributed by atoms with Crippen LogP contribution in [0.2, 0.25) is 0 Å². The summed E-state index contributed by atoms with van der Waals surface area (Å²) < 4.78 is 43.1. The second-order valence-electron chi connectivity index (χ2n) is 5.38. The van der Waals surface area contributed by atoms with Gasteiger partial charge in [0, 0.05) is 5.92 Å². The highest BCUT2D eigenvalue weighted by Gasteiger charge is 2.43. The van der Waals surface area contributed by atoms with Crippen molar-refractivity contribution in [1.82, 2.24) is 5.32 Å². The third kappa shape index (κ3) is 4.23. The number of rotatable bonds is 4. The number of halogens is 3. The zero-order valence-corrected chi connectivity index (χ0v) is 11.4. The number of alkyl halides is 3. The van der Waals surface area contributed by atoms with Gasteiger partial charge in [0.1, 0.15) is 11.9 Å². The number of hydrogen-bond donors (Lipinski definition) is 2. The number of carbonyl (C=O) groups is 1. The standard InChI is InChI=1S/C14H18F3NO3/c15-14(16,17)10-4-1-3-9(7-10)13(20)18-8-11(19)12-5-2-6-21-12/h2,5-6,9-11,19H,1,3-4,7-8H2,(H,18,20). The van der Waals surface area contributed by atoms with E-state index in [0.29, 0.717) is 18.6 Å². The van der Waals surface area contributed by atoms with Crippen LogP contribution >= 0.6 is 0 Å². The highest BCUT2D eigenvalue weighted by molar-refractivity contribution is 5.78. The zero-order chi connectivity index (χ0) is 15.5. The minimum absolute atomic E-state index is 0.0699.